The molecule has 0 fully saturated rings. The third kappa shape index (κ3) is 3.86. The number of ether oxygens (including phenoxy) is 2. The number of aromatic nitrogens is 1. The monoisotopic (exact) mass is 314 g/mol. The molecule has 0 aliphatic rings. The standard InChI is InChI=1S/C17H18N2O2S/c1-12-5-4-6-13(7-12)16-15(10-21-11-20-2)8-14(9-18)17(19-16)22-3/h4-8H,10-11H2,1-3H3. The van der Waals surface area contributed by atoms with Crippen molar-refractivity contribution >= 4 is 11.8 Å². The van der Waals surface area contributed by atoms with Crippen molar-refractivity contribution in [3.05, 3.63) is 47.0 Å². The Labute approximate surface area is 135 Å². The molecular formula is C17H18N2O2S. The molecule has 0 unspecified atom stereocenters. The first-order chi connectivity index (χ1) is 10.7. The number of benzene rings is 1. The van der Waals surface area contributed by atoms with E-state index in [1.54, 1.807) is 7.11 Å². The summed E-state index contributed by atoms with van der Waals surface area (Å²) in [7, 11) is 1.58. The molecule has 1 heterocycles. The molecule has 2 rings (SSSR count). The van der Waals surface area contributed by atoms with Gasteiger partial charge >= 0.3 is 0 Å². The van der Waals surface area contributed by atoms with Gasteiger partial charge in [0.15, 0.2) is 0 Å². The molecule has 1 aromatic carbocycles. The second kappa shape index (κ2) is 7.95. The van der Waals surface area contributed by atoms with E-state index in [2.05, 4.69) is 17.1 Å². The normalized spacial score (nSPS) is 10.5. The summed E-state index contributed by atoms with van der Waals surface area (Å²) in [6.07, 6.45) is 1.92. The largest absolute Gasteiger partial charge is 0.359 e. The molecule has 2 aromatic rings. The van der Waals surface area contributed by atoms with Gasteiger partial charge in [-0.05, 0) is 25.3 Å². The lowest BCUT2D eigenvalue weighted by Crippen LogP contribution is -2.02. The van der Waals surface area contributed by atoms with E-state index >= 15 is 0 Å². The molecule has 0 radical (unpaired) electrons. The maximum atomic E-state index is 9.28. The second-order valence-electron chi connectivity index (χ2n) is 4.79. The van der Waals surface area contributed by atoms with Crippen molar-refractivity contribution in [1.29, 1.82) is 5.26 Å². The summed E-state index contributed by atoms with van der Waals surface area (Å²) in [5.41, 5.74) is 4.49. The molecule has 0 aliphatic carbocycles. The average Bonchev–Trinajstić information content (AvgIpc) is 2.54. The number of pyridine rings is 1. The third-order valence-electron chi connectivity index (χ3n) is 3.13. The van der Waals surface area contributed by atoms with Crippen molar-refractivity contribution in [2.24, 2.45) is 0 Å². The smallest absolute Gasteiger partial charge is 0.146 e. The molecule has 5 heteroatoms. The van der Waals surface area contributed by atoms with Crippen molar-refractivity contribution in [3.63, 3.8) is 0 Å². The van der Waals surface area contributed by atoms with Gasteiger partial charge in [-0.1, -0.05) is 23.8 Å². The lowest BCUT2D eigenvalue weighted by atomic mass is 10.0. The van der Waals surface area contributed by atoms with Crippen molar-refractivity contribution in [1.82, 2.24) is 4.98 Å². The summed E-state index contributed by atoms with van der Waals surface area (Å²) < 4.78 is 10.4. The number of thioether (sulfide) groups is 1. The molecule has 0 aliphatic heterocycles. The Morgan fingerprint density at radius 1 is 1.32 bits per heavy atom. The van der Waals surface area contributed by atoms with Crippen LogP contribution in [-0.2, 0) is 16.1 Å². The lowest BCUT2D eigenvalue weighted by Gasteiger charge is -2.12. The second-order valence-corrected chi connectivity index (χ2v) is 5.58. The topological polar surface area (TPSA) is 55.1 Å². The van der Waals surface area contributed by atoms with E-state index in [-0.39, 0.29) is 6.79 Å². The van der Waals surface area contributed by atoms with Gasteiger partial charge in [-0.3, -0.25) is 0 Å². The molecular weight excluding hydrogens is 296 g/mol. The van der Waals surface area contributed by atoms with Gasteiger partial charge in [-0.15, -0.1) is 11.8 Å². The number of aryl methyl sites for hydroxylation is 1. The molecule has 4 nitrogen and oxygen atoms in total. The van der Waals surface area contributed by atoms with E-state index in [0.29, 0.717) is 12.2 Å². The maximum Gasteiger partial charge on any atom is 0.146 e. The number of methoxy groups -OCH3 is 1. The molecule has 114 valence electrons. The van der Waals surface area contributed by atoms with Crippen LogP contribution < -0.4 is 0 Å². The van der Waals surface area contributed by atoms with Crippen molar-refractivity contribution in [3.8, 4) is 17.3 Å². The lowest BCUT2D eigenvalue weighted by molar-refractivity contribution is -0.0390. The Kier molecular flexibility index (Phi) is 5.96. The number of hydrogen-bond acceptors (Lipinski definition) is 5. The van der Waals surface area contributed by atoms with Gasteiger partial charge in [0.25, 0.3) is 0 Å². The molecule has 0 saturated heterocycles. The highest BCUT2D eigenvalue weighted by molar-refractivity contribution is 7.98. The fourth-order valence-electron chi connectivity index (χ4n) is 2.16. The minimum absolute atomic E-state index is 0.208. The van der Waals surface area contributed by atoms with Crippen LogP contribution in [0.3, 0.4) is 0 Å². The fourth-order valence-corrected chi connectivity index (χ4v) is 2.67. The van der Waals surface area contributed by atoms with E-state index in [0.717, 1.165) is 27.4 Å². The summed E-state index contributed by atoms with van der Waals surface area (Å²) in [4.78, 5) is 4.67. The first-order valence-electron chi connectivity index (χ1n) is 6.81. The average molecular weight is 314 g/mol. The highest BCUT2D eigenvalue weighted by atomic mass is 32.2. The van der Waals surface area contributed by atoms with Crippen LogP contribution in [0, 0.1) is 18.3 Å². The Morgan fingerprint density at radius 2 is 2.14 bits per heavy atom. The first-order valence-corrected chi connectivity index (χ1v) is 8.03. The van der Waals surface area contributed by atoms with Crippen LogP contribution in [0.25, 0.3) is 11.3 Å². The Bertz CT molecular complexity index is 696. The van der Waals surface area contributed by atoms with Gasteiger partial charge in [0.2, 0.25) is 0 Å². The van der Waals surface area contributed by atoms with Gasteiger partial charge in [0, 0.05) is 18.2 Å². The number of nitriles is 1. The van der Waals surface area contributed by atoms with Crippen LogP contribution in [0.2, 0.25) is 0 Å². The van der Waals surface area contributed by atoms with Gasteiger partial charge in [0.05, 0.1) is 17.9 Å². The SMILES string of the molecule is COCOCc1cc(C#N)c(SC)nc1-c1cccc(C)c1. The predicted octanol–water partition coefficient (Wildman–Crippen LogP) is 3.77. The van der Waals surface area contributed by atoms with Crippen molar-refractivity contribution < 1.29 is 9.47 Å². The summed E-state index contributed by atoms with van der Waals surface area (Å²) in [5.74, 6) is 0. The molecule has 0 atom stereocenters. The number of rotatable bonds is 6. The number of hydrogen-bond donors (Lipinski definition) is 0. The van der Waals surface area contributed by atoms with E-state index < -0.39 is 0 Å². The van der Waals surface area contributed by atoms with Crippen molar-refractivity contribution in [2.75, 3.05) is 20.2 Å². The first kappa shape index (κ1) is 16.5. The van der Waals surface area contributed by atoms with Gasteiger partial charge in [0.1, 0.15) is 17.9 Å². The summed E-state index contributed by atoms with van der Waals surface area (Å²) in [5, 5.41) is 10.0. The molecule has 0 N–H and O–H groups in total. The van der Waals surface area contributed by atoms with Gasteiger partial charge < -0.3 is 9.47 Å². The van der Waals surface area contributed by atoms with Crippen molar-refractivity contribution in [2.45, 2.75) is 18.6 Å². The molecule has 22 heavy (non-hydrogen) atoms. The summed E-state index contributed by atoms with van der Waals surface area (Å²) in [6, 6.07) is 12.2. The van der Waals surface area contributed by atoms with Crippen LogP contribution in [0.5, 0.6) is 0 Å². The van der Waals surface area contributed by atoms with E-state index in [4.69, 9.17) is 9.47 Å². The Hall–Kier alpha value is -1.87. The van der Waals surface area contributed by atoms with Gasteiger partial charge in [-0.2, -0.15) is 5.26 Å². The zero-order valence-corrected chi connectivity index (χ0v) is 13.7. The minimum atomic E-state index is 0.208. The van der Waals surface area contributed by atoms with Crippen LogP contribution in [0.1, 0.15) is 16.7 Å². The maximum absolute atomic E-state index is 9.28. The molecule has 0 bridgehead atoms. The van der Waals surface area contributed by atoms with Crippen LogP contribution in [-0.4, -0.2) is 25.1 Å². The number of nitrogens with zero attached hydrogens (tertiary/aromatic N) is 2. The minimum Gasteiger partial charge on any atom is -0.359 e. The predicted molar refractivity (Wildman–Crippen MR) is 87.6 cm³/mol. The van der Waals surface area contributed by atoms with Crippen LogP contribution >= 0.6 is 11.8 Å². The highest BCUT2D eigenvalue weighted by Crippen LogP contribution is 2.28. The third-order valence-corrected chi connectivity index (χ3v) is 3.83. The molecule has 0 amide bonds. The molecule has 1 aromatic heterocycles. The quantitative estimate of drug-likeness (QED) is 0.461. The van der Waals surface area contributed by atoms with E-state index in [1.165, 1.54) is 11.8 Å². The van der Waals surface area contributed by atoms with E-state index in [1.807, 2.05) is 37.4 Å². The highest BCUT2D eigenvalue weighted by Gasteiger charge is 2.13. The molecule has 0 spiro atoms. The Balaban J connectivity index is 2.51. The summed E-state index contributed by atoms with van der Waals surface area (Å²) in [6.45, 7) is 2.61. The fraction of sp³-hybridized carbons (Fsp3) is 0.294. The van der Waals surface area contributed by atoms with E-state index in [9.17, 15) is 5.26 Å². The Morgan fingerprint density at radius 3 is 2.77 bits per heavy atom. The van der Waals surface area contributed by atoms with Crippen LogP contribution in [0.4, 0.5) is 0 Å². The zero-order chi connectivity index (χ0) is 15.9. The summed E-state index contributed by atoms with van der Waals surface area (Å²) >= 11 is 1.47. The molecule has 0 saturated carbocycles. The van der Waals surface area contributed by atoms with Crippen LogP contribution in [0.15, 0.2) is 35.4 Å². The zero-order valence-electron chi connectivity index (χ0n) is 12.9. The van der Waals surface area contributed by atoms with Gasteiger partial charge in [-0.25, -0.2) is 4.98 Å².